The third-order valence-electron chi connectivity index (χ3n) is 9.32. The molecule has 3 aliphatic heterocycles. The van der Waals surface area contributed by atoms with Gasteiger partial charge in [-0.25, -0.2) is 0 Å². The number of carbonyl (C=O) groups is 3. The van der Waals surface area contributed by atoms with Crippen molar-refractivity contribution >= 4 is 23.4 Å². The number of likely N-dealkylation sites (tertiary alicyclic amines) is 1. The van der Waals surface area contributed by atoms with E-state index in [0.29, 0.717) is 17.5 Å². The van der Waals surface area contributed by atoms with Crippen LogP contribution in [-0.4, -0.2) is 51.4 Å². The van der Waals surface area contributed by atoms with E-state index in [9.17, 15) is 14.4 Å². The molecule has 1 aromatic carbocycles. The first kappa shape index (κ1) is 25.7. The number of aromatic nitrogens is 1. The van der Waals surface area contributed by atoms with E-state index in [4.69, 9.17) is 4.74 Å². The molecule has 1 aromatic heterocycles. The number of aryl methyl sites for hydroxylation is 1. The van der Waals surface area contributed by atoms with Gasteiger partial charge in [0.25, 0.3) is 0 Å². The topological polar surface area (TPSA) is 101 Å². The second kappa shape index (κ2) is 9.90. The quantitative estimate of drug-likeness (QED) is 0.558. The van der Waals surface area contributed by atoms with Crippen molar-refractivity contribution < 1.29 is 19.1 Å². The first-order valence-electron chi connectivity index (χ1n) is 14.0. The molecule has 0 radical (unpaired) electrons. The van der Waals surface area contributed by atoms with Crippen LogP contribution in [0.1, 0.15) is 44.2 Å². The zero-order chi connectivity index (χ0) is 27.3. The van der Waals surface area contributed by atoms with Gasteiger partial charge in [0.2, 0.25) is 17.7 Å². The van der Waals surface area contributed by atoms with E-state index >= 15 is 0 Å². The van der Waals surface area contributed by atoms with Gasteiger partial charge in [0.15, 0.2) is 0 Å². The minimum Gasteiger partial charge on any atom is -0.359 e. The number of anilines is 1. The number of rotatable bonds is 6. The van der Waals surface area contributed by atoms with Crippen LogP contribution >= 0.6 is 0 Å². The molecule has 4 heterocycles. The minimum absolute atomic E-state index is 0.0371. The predicted molar refractivity (Wildman–Crippen MR) is 146 cm³/mol. The molecular formula is C31H36N4O4. The molecule has 8 heteroatoms. The number of fused-ring (bicyclic) bond motifs is 1. The van der Waals surface area contributed by atoms with Gasteiger partial charge in [-0.1, -0.05) is 57.0 Å². The molecule has 2 N–H and O–H groups in total. The Morgan fingerprint density at radius 1 is 1.15 bits per heavy atom. The number of ether oxygens (including phenoxy) is 1. The standard InChI is InChI=1S/C31H36N4O4/c1-18-7-4-10-22(15-18)33-28(36)25-24-12-13-31(39-24)26(25)30(38)35(17-21-9-6-14-32-16-21)27(31)29(37)34-23-11-5-8-19(2)20(23)3/h4,6-7,9-10,12-16,19-20,23-27H,5,8,11,17H2,1-3H3,(H,33,36)(H,34,37). The van der Waals surface area contributed by atoms with E-state index in [1.165, 1.54) is 0 Å². The molecule has 2 bridgehead atoms. The molecule has 8 atom stereocenters. The van der Waals surface area contributed by atoms with Crippen molar-refractivity contribution in [2.45, 2.75) is 70.4 Å². The smallest absolute Gasteiger partial charge is 0.246 e. The van der Waals surface area contributed by atoms with Crippen LogP contribution in [0.15, 0.2) is 60.9 Å². The summed E-state index contributed by atoms with van der Waals surface area (Å²) in [5.74, 6) is -1.39. The predicted octanol–water partition coefficient (Wildman–Crippen LogP) is 3.62. The van der Waals surface area contributed by atoms with Crippen molar-refractivity contribution in [3.63, 3.8) is 0 Å². The average Bonchev–Trinajstić information content (AvgIpc) is 3.55. The Balaban J connectivity index is 1.33. The van der Waals surface area contributed by atoms with Gasteiger partial charge in [0, 0.05) is 30.7 Å². The fourth-order valence-electron chi connectivity index (χ4n) is 7.12. The average molecular weight is 529 g/mol. The third kappa shape index (κ3) is 4.35. The highest BCUT2D eigenvalue weighted by atomic mass is 16.5. The zero-order valence-electron chi connectivity index (χ0n) is 22.7. The highest BCUT2D eigenvalue weighted by Crippen LogP contribution is 2.55. The Labute approximate surface area is 229 Å². The van der Waals surface area contributed by atoms with Gasteiger partial charge < -0.3 is 20.3 Å². The number of benzene rings is 1. The van der Waals surface area contributed by atoms with E-state index in [2.05, 4.69) is 29.5 Å². The summed E-state index contributed by atoms with van der Waals surface area (Å²) in [6.07, 6.45) is 9.66. The fraction of sp³-hybridized carbons (Fsp3) is 0.484. The monoisotopic (exact) mass is 528 g/mol. The molecule has 3 amide bonds. The van der Waals surface area contributed by atoms with Gasteiger partial charge >= 0.3 is 0 Å². The second-order valence-electron chi connectivity index (χ2n) is 11.8. The first-order chi connectivity index (χ1) is 18.8. The Morgan fingerprint density at radius 2 is 2.00 bits per heavy atom. The number of hydrogen-bond donors (Lipinski definition) is 2. The van der Waals surface area contributed by atoms with Gasteiger partial charge in [-0.05, 0) is 54.5 Å². The Bertz CT molecular complexity index is 1310. The largest absolute Gasteiger partial charge is 0.359 e. The van der Waals surface area contributed by atoms with Crippen LogP contribution in [0.25, 0.3) is 0 Å². The highest BCUT2D eigenvalue weighted by Gasteiger charge is 2.72. The number of nitrogens with one attached hydrogen (secondary N) is 2. The molecule has 1 saturated carbocycles. The van der Waals surface area contributed by atoms with Crippen molar-refractivity contribution in [1.29, 1.82) is 0 Å². The van der Waals surface area contributed by atoms with Gasteiger partial charge in [-0.2, -0.15) is 0 Å². The van der Waals surface area contributed by atoms with Crippen LogP contribution in [0.5, 0.6) is 0 Å². The molecule has 8 nitrogen and oxygen atoms in total. The highest BCUT2D eigenvalue weighted by molar-refractivity contribution is 6.02. The van der Waals surface area contributed by atoms with Crippen molar-refractivity contribution in [3.8, 4) is 0 Å². The molecule has 4 aliphatic rings. The summed E-state index contributed by atoms with van der Waals surface area (Å²) in [6, 6.07) is 10.4. The van der Waals surface area contributed by atoms with E-state index in [1.54, 1.807) is 17.3 Å². The lowest BCUT2D eigenvalue weighted by Gasteiger charge is -2.38. The van der Waals surface area contributed by atoms with E-state index in [-0.39, 0.29) is 30.3 Å². The lowest BCUT2D eigenvalue weighted by Crippen LogP contribution is -2.57. The molecule has 8 unspecified atom stereocenters. The second-order valence-corrected chi connectivity index (χ2v) is 11.8. The minimum atomic E-state index is -1.19. The number of amides is 3. The summed E-state index contributed by atoms with van der Waals surface area (Å²) in [5, 5.41) is 6.29. The Morgan fingerprint density at radius 3 is 2.77 bits per heavy atom. The summed E-state index contributed by atoms with van der Waals surface area (Å²) in [4.78, 5) is 47.7. The van der Waals surface area contributed by atoms with Crippen LogP contribution in [0, 0.1) is 30.6 Å². The normalized spacial score (nSPS) is 34.7. The molecular weight excluding hydrogens is 492 g/mol. The maximum Gasteiger partial charge on any atom is 0.246 e. The molecule has 2 saturated heterocycles. The maximum atomic E-state index is 14.2. The summed E-state index contributed by atoms with van der Waals surface area (Å²) in [5.41, 5.74) is 1.33. The van der Waals surface area contributed by atoms with Crippen molar-refractivity contribution in [3.05, 3.63) is 72.1 Å². The van der Waals surface area contributed by atoms with Crippen LogP contribution in [0.3, 0.4) is 0 Å². The van der Waals surface area contributed by atoms with Crippen LogP contribution < -0.4 is 10.6 Å². The SMILES string of the molecule is Cc1cccc(NC(=O)C2C3C=CC4(O3)C2C(=O)N(Cc2cccnc2)C4C(=O)NC2CCCC(C)C2C)c1. The number of carbonyl (C=O) groups excluding carboxylic acids is 3. The van der Waals surface area contributed by atoms with Gasteiger partial charge in [-0.3, -0.25) is 19.4 Å². The van der Waals surface area contributed by atoms with E-state index in [0.717, 1.165) is 30.4 Å². The maximum absolute atomic E-state index is 14.2. The van der Waals surface area contributed by atoms with Crippen LogP contribution in [0.2, 0.25) is 0 Å². The molecule has 1 spiro atoms. The summed E-state index contributed by atoms with van der Waals surface area (Å²) >= 11 is 0. The molecule has 2 aromatic rings. The van der Waals surface area contributed by atoms with Crippen molar-refractivity contribution in [1.82, 2.24) is 15.2 Å². The molecule has 204 valence electrons. The fourth-order valence-corrected chi connectivity index (χ4v) is 7.12. The van der Waals surface area contributed by atoms with Gasteiger partial charge in [-0.15, -0.1) is 0 Å². The Kier molecular flexibility index (Phi) is 6.53. The van der Waals surface area contributed by atoms with Gasteiger partial charge in [0.1, 0.15) is 11.6 Å². The zero-order valence-corrected chi connectivity index (χ0v) is 22.7. The summed E-state index contributed by atoms with van der Waals surface area (Å²) < 4.78 is 6.48. The van der Waals surface area contributed by atoms with Crippen LogP contribution in [-0.2, 0) is 25.7 Å². The molecule has 1 aliphatic carbocycles. The van der Waals surface area contributed by atoms with Crippen LogP contribution in [0.4, 0.5) is 5.69 Å². The number of pyridine rings is 1. The lowest BCUT2D eigenvalue weighted by atomic mass is 9.73. The molecule has 6 rings (SSSR count). The lowest BCUT2D eigenvalue weighted by molar-refractivity contribution is -0.142. The summed E-state index contributed by atoms with van der Waals surface area (Å²) in [7, 11) is 0. The van der Waals surface area contributed by atoms with E-state index < -0.39 is 29.6 Å². The van der Waals surface area contributed by atoms with Crippen molar-refractivity contribution in [2.24, 2.45) is 23.7 Å². The summed E-state index contributed by atoms with van der Waals surface area (Å²) in [6.45, 7) is 6.59. The first-order valence-corrected chi connectivity index (χ1v) is 14.0. The molecule has 3 fully saturated rings. The Hall–Kier alpha value is -3.52. The third-order valence-corrected chi connectivity index (χ3v) is 9.32. The number of hydrogen-bond acceptors (Lipinski definition) is 5. The number of nitrogens with zero attached hydrogens (tertiary/aromatic N) is 2. The van der Waals surface area contributed by atoms with E-state index in [1.807, 2.05) is 55.5 Å². The van der Waals surface area contributed by atoms with Gasteiger partial charge in [0.05, 0.1) is 17.9 Å². The molecule has 39 heavy (non-hydrogen) atoms. The van der Waals surface area contributed by atoms with Crippen molar-refractivity contribution in [2.75, 3.05) is 5.32 Å².